The smallest absolute Gasteiger partial charge is 0.223 e. The molecule has 1 aromatic carbocycles. The van der Waals surface area contributed by atoms with E-state index in [1.54, 1.807) is 24.3 Å². The molecule has 0 saturated heterocycles. The normalized spacial score (nSPS) is 10.9. The van der Waals surface area contributed by atoms with Crippen molar-refractivity contribution in [2.24, 2.45) is 0 Å². The summed E-state index contributed by atoms with van der Waals surface area (Å²) in [6.07, 6.45) is 0. The molecule has 0 unspecified atom stereocenters. The maximum atomic E-state index is 13.6. The van der Waals surface area contributed by atoms with Crippen LogP contribution in [0.5, 0.6) is 0 Å². The molecule has 88 valence electrons. The van der Waals surface area contributed by atoms with Crippen LogP contribution >= 0.6 is 11.6 Å². The van der Waals surface area contributed by atoms with E-state index in [9.17, 15) is 4.39 Å². The van der Waals surface area contributed by atoms with Gasteiger partial charge in [-0.15, -0.1) is 0 Å². The summed E-state index contributed by atoms with van der Waals surface area (Å²) in [6.45, 7) is 4.01. The molecule has 0 spiro atoms. The largest absolute Gasteiger partial charge is 0.223 e. The lowest BCUT2D eigenvalue weighted by Gasteiger charge is -2.08. The summed E-state index contributed by atoms with van der Waals surface area (Å²) in [5.74, 6) is -0.0852. The minimum Gasteiger partial charge on any atom is -0.223 e. The molecule has 0 bridgehead atoms. The number of hydrogen-bond donors (Lipinski definition) is 0. The van der Waals surface area contributed by atoms with Crippen molar-refractivity contribution in [3.63, 3.8) is 0 Å². The fraction of sp³-hybridized carbons (Fsp3) is 0.231. The van der Waals surface area contributed by atoms with E-state index in [4.69, 9.17) is 11.6 Å². The molecule has 0 aliphatic carbocycles. The van der Waals surface area contributed by atoms with Gasteiger partial charge in [0.05, 0.1) is 5.69 Å². The van der Waals surface area contributed by atoms with Gasteiger partial charge in [-0.2, -0.15) is 0 Å². The van der Waals surface area contributed by atoms with Crippen molar-refractivity contribution < 1.29 is 4.39 Å². The second kappa shape index (κ2) is 4.80. The van der Waals surface area contributed by atoms with Crippen LogP contribution in [0.4, 0.5) is 4.39 Å². The van der Waals surface area contributed by atoms with Crippen molar-refractivity contribution in [3.8, 4) is 11.3 Å². The SMILES string of the molecule is CC(C)c1cc(-c2ccccc2F)nc(Cl)n1. The first-order chi connectivity index (χ1) is 8.08. The third kappa shape index (κ3) is 2.61. The van der Waals surface area contributed by atoms with E-state index in [-0.39, 0.29) is 17.0 Å². The topological polar surface area (TPSA) is 25.8 Å². The average Bonchev–Trinajstić information content (AvgIpc) is 2.28. The second-order valence-electron chi connectivity index (χ2n) is 4.08. The van der Waals surface area contributed by atoms with Crippen LogP contribution in [-0.2, 0) is 0 Å². The van der Waals surface area contributed by atoms with Gasteiger partial charge in [-0.05, 0) is 35.7 Å². The number of rotatable bonds is 2. The number of aromatic nitrogens is 2. The van der Waals surface area contributed by atoms with Crippen LogP contribution in [-0.4, -0.2) is 9.97 Å². The highest BCUT2D eigenvalue weighted by molar-refractivity contribution is 6.28. The Labute approximate surface area is 104 Å². The van der Waals surface area contributed by atoms with E-state index >= 15 is 0 Å². The highest BCUT2D eigenvalue weighted by Crippen LogP contribution is 2.24. The minimum atomic E-state index is -0.308. The van der Waals surface area contributed by atoms with Crippen molar-refractivity contribution in [2.75, 3.05) is 0 Å². The molecule has 0 aliphatic heterocycles. The maximum absolute atomic E-state index is 13.6. The van der Waals surface area contributed by atoms with Crippen LogP contribution in [0.3, 0.4) is 0 Å². The summed E-state index contributed by atoms with van der Waals surface area (Å²) < 4.78 is 13.6. The van der Waals surface area contributed by atoms with Crippen molar-refractivity contribution in [1.82, 2.24) is 9.97 Å². The Morgan fingerprint density at radius 1 is 1.18 bits per heavy atom. The van der Waals surface area contributed by atoms with E-state index in [2.05, 4.69) is 9.97 Å². The fourth-order valence-electron chi connectivity index (χ4n) is 1.54. The van der Waals surface area contributed by atoms with Gasteiger partial charge >= 0.3 is 0 Å². The van der Waals surface area contributed by atoms with E-state index in [1.807, 2.05) is 13.8 Å². The Kier molecular flexibility index (Phi) is 3.38. The average molecular weight is 251 g/mol. The summed E-state index contributed by atoms with van der Waals surface area (Å²) in [4.78, 5) is 8.18. The van der Waals surface area contributed by atoms with Gasteiger partial charge in [-0.3, -0.25) is 0 Å². The lowest BCUT2D eigenvalue weighted by molar-refractivity contribution is 0.630. The molecule has 0 saturated carbocycles. The van der Waals surface area contributed by atoms with Gasteiger partial charge in [0.2, 0.25) is 5.28 Å². The molecule has 2 nitrogen and oxygen atoms in total. The van der Waals surface area contributed by atoms with E-state index in [1.165, 1.54) is 6.07 Å². The number of nitrogens with zero attached hydrogens (tertiary/aromatic N) is 2. The highest BCUT2D eigenvalue weighted by Gasteiger charge is 2.10. The molecule has 4 heteroatoms. The zero-order chi connectivity index (χ0) is 12.4. The third-order valence-electron chi connectivity index (χ3n) is 2.46. The van der Waals surface area contributed by atoms with Gasteiger partial charge in [0.1, 0.15) is 5.82 Å². The van der Waals surface area contributed by atoms with Gasteiger partial charge in [0.15, 0.2) is 0 Å². The van der Waals surface area contributed by atoms with E-state index < -0.39 is 0 Å². The van der Waals surface area contributed by atoms with Gasteiger partial charge in [0.25, 0.3) is 0 Å². The Morgan fingerprint density at radius 3 is 2.53 bits per heavy atom. The zero-order valence-electron chi connectivity index (χ0n) is 9.61. The monoisotopic (exact) mass is 250 g/mol. The number of halogens is 2. The molecular weight excluding hydrogens is 239 g/mol. The predicted molar refractivity (Wildman–Crippen MR) is 66.5 cm³/mol. The minimum absolute atomic E-state index is 0.148. The molecule has 1 aromatic heterocycles. The zero-order valence-corrected chi connectivity index (χ0v) is 10.4. The molecule has 0 amide bonds. The summed E-state index contributed by atoms with van der Waals surface area (Å²) in [5.41, 5.74) is 1.77. The van der Waals surface area contributed by atoms with E-state index in [0.29, 0.717) is 11.3 Å². The van der Waals surface area contributed by atoms with Crippen LogP contribution in [0.15, 0.2) is 30.3 Å². The van der Waals surface area contributed by atoms with Crippen LogP contribution in [0.25, 0.3) is 11.3 Å². The molecule has 1 heterocycles. The summed E-state index contributed by atoms with van der Waals surface area (Å²) >= 11 is 5.85. The van der Waals surface area contributed by atoms with Gasteiger partial charge in [-0.25, -0.2) is 14.4 Å². The molecule has 17 heavy (non-hydrogen) atoms. The first-order valence-electron chi connectivity index (χ1n) is 5.37. The lowest BCUT2D eigenvalue weighted by atomic mass is 10.1. The molecule has 0 radical (unpaired) electrons. The lowest BCUT2D eigenvalue weighted by Crippen LogP contribution is -1.98. The van der Waals surface area contributed by atoms with Crippen molar-refractivity contribution in [1.29, 1.82) is 0 Å². The quantitative estimate of drug-likeness (QED) is 0.751. The van der Waals surface area contributed by atoms with Gasteiger partial charge in [-0.1, -0.05) is 26.0 Å². The first-order valence-corrected chi connectivity index (χ1v) is 5.75. The van der Waals surface area contributed by atoms with E-state index in [0.717, 1.165) is 5.69 Å². The molecule has 2 aromatic rings. The van der Waals surface area contributed by atoms with Crippen LogP contribution in [0.1, 0.15) is 25.5 Å². The Balaban J connectivity index is 2.56. The molecule has 0 aliphatic rings. The molecule has 0 fully saturated rings. The second-order valence-corrected chi connectivity index (χ2v) is 4.42. The predicted octanol–water partition coefficient (Wildman–Crippen LogP) is 4.06. The molecule has 0 N–H and O–H groups in total. The van der Waals surface area contributed by atoms with Crippen molar-refractivity contribution >= 4 is 11.6 Å². The number of hydrogen-bond acceptors (Lipinski definition) is 2. The summed E-state index contributed by atoms with van der Waals surface area (Å²) in [6, 6.07) is 8.27. The van der Waals surface area contributed by atoms with Crippen LogP contribution in [0.2, 0.25) is 5.28 Å². The van der Waals surface area contributed by atoms with Crippen LogP contribution in [0, 0.1) is 5.82 Å². The summed E-state index contributed by atoms with van der Waals surface area (Å²) in [5, 5.41) is 0.148. The Morgan fingerprint density at radius 2 is 1.88 bits per heavy atom. The van der Waals surface area contributed by atoms with Crippen molar-refractivity contribution in [3.05, 3.63) is 47.1 Å². The highest BCUT2D eigenvalue weighted by atomic mass is 35.5. The molecular formula is C13H12ClFN2. The van der Waals surface area contributed by atoms with Crippen LogP contribution < -0.4 is 0 Å². The standard InChI is InChI=1S/C13H12ClFN2/c1-8(2)11-7-12(17-13(14)16-11)9-5-3-4-6-10(9)15/h3-8H,1-2H3. The van der Waals surface area contributed by atoms with Gasteiger partial charge in [0, 0.05) is 11.3 Å². The third-order valence-corrected chi connectivity index (χ3v) is 2.63. The maximum Gasteiger partial charge on any atom is 0.223 e. The fourth-order valence-corrected chi connectivity index (χ4v) is 1.73. The Bertz CT molecular complexity index is 541. The number of benzene rings is 1. The van der Waals surface area contributed by atoms with Gasteiger partial charge < -0.3 is 0 Å². The molecule has 2 rings (SSSR count). The summed E-state index contributed by atoms with van der Waals surface area (Å²) in [7, 11) is 0. The Hall–Kier alpha value is -1.48. The first kappa shape index (κ1) is 12.0. The van der Waals surface area contributed by atoms with Crippen molar-refractivity contribution in [2.45, 2.75) is 19.8 Å². The molecule has 0 atom stereocenters.